The van der Waals surface area contributed by atoms with Crippen LogP contribution in [0, 0.1) is 0 Å². The molecule has 12 rings (SSSR count). The molecule has 0 aliphatic carbocycles. The molecule has 4 heterocycles. The first-order valence-electron chi connectivity index (χ1n) is 20.3. The third-order valence-electron chi connectivity index (χ3n) is 11.9. The Balaban J connectivity index is 0.787. The summed E-state index contributed by atoms with van der Waals surface area (Å²) in [5.74, 6) is 0. The van der Waals surface area contributed by atoms with Crippen LogP contribution in [-0.2, 0) is 0 Å². The number of hydrogen-bond acceptors (Lipinski definition) is 2. The van der Waals surface area contributed by atoms with Crippen LogP contribution < -0.4 is 0 Å². The van der Waals surface area contributed by atoms with Crippen molar-refractivity contribution in [1.82, 2.24) is 9.13 Å². The Hall–Kier alpha value is -7.24. The van der Waals surface area contributed by atoms with E-state index in [1.165, 1.54) is 109 Å². The highest BCUT2D eigenvalue weighted by Crippen LogP contribution is 2.41. The van der Waals surface area contributed by atoms with Crippen molar-refractivity contribution in [3.05, 3.63) is 217 Å². The fourth-order valence-electron chi connectivity index (χ4n) is 8.96. The maximum Gasteiger partial charge on any atom is 0.0541 e. The predicted molar refractivity (Wildman–Crippen MR) is 258 cm³/mol. The molecule has 4 heteroatoms. The van der Waals surface area contributed by atoms with Crippen molar-refractivity contribution in [3.63, 3.8) is 0 Å². The molecule has 0 unspecified atom stereocenters. The molecule has 0 atom stereocenters. The van der Waals surface area contributed by atoms with Crippen LogP contribution in [-0.4, -0.2) is 9.13 Å². The molecule has 4 aromatic heterocycles. The summed E-state index contributed by atoms with van der Waals surface area (Å²) in [6.45, 7) is 0. The fourth-order valence-corrected chi connectivity index (χ4v) is 10.9. The molecule has 0 spiro atoms. The number of hydrogen-bond donors (Lipinski definition) is 0. The standard InChI is InChI=1S/C56H36N2S2/c1-3-11-45(12-4-1)57-51-17-9-7-15-47(51)49-31-41(27-29-53(49)57)37-19-23-39(24-20-37)43-33-55(59-35-43)56-34-44(36-60-56)40-25-21-38(22-26-40)42-28-30-54-50(32-42)48-16-8-10-18-52(48)58(54)46-13-5-2-6-14-46/h1-36H. The van der Waals surface area contributed by atoms with E-state index in [1.54, 1.807) is 0 Å². The van der Waals surface area contributed by atoms with Crippen molar-refractivity contribution in [3.8, 4) is 65.6 Å². The van der Waals surface area contributed by atoms with Gasteiger partial charge in [0.1, 0.15) is 0 Å². The summed E-state index contributed by atoms with van der Waals surface area (Å²) < 4.78 is 4.74. The summed E-state index contributed by atoms with van der Waals surface area (Å²) in [6.07, 6.45) is 0. The Kier molecular flexibility index (Phi) is 8.25. The van der Waals surface area contributed by atoms with Crippen molar-refractivity contribution < 1.29 is 0 Å². The van der Waals surface area contributed by atoms with Gasteiger partial charge in [0.05, 0.1) is 22.1 Å². The quantitative estimate of drug-likeness (QED) is 0.152. The minimum atomic E-state index is 1.18. The van der Waals surface area contributed by atoms with Crippen LogP contribution in [0.1, 0.15) is 0 Å². The summed E-state index contributed by atoms with van der Waals surface area (Å²) in [6, 6.07) is 75.3. The third kappa shape index (κ3) is 5.84. The lowest BCUT2D eigenvalue weighted by Gasteiger charge is -2.08. The maximum absolute atomic E-state index is 2.37. The van der Waals surface area contributed by atoms with Gasteiger partial charge in [-0.15, -0.1) is 22.7 Å². The smallest absolute Gasteiger partial charge is 0.0541 e. The summed E-state index contributed by atoms with van der Waals surface area (Å²) >= 11 is 3.63. The monoisotopic (exact) mass is 800 g/mol. The van der Waals surface area contributed by atoms with Crippen molar-refractivity contribution in [2.75, 3.05) is 0 Å². The summed E-state index contributed by atoms with van der Waals surface area (Å²) in [5.41, 5.74) is 17.1. The topological polar surface area (TPSA) is 9.86 Å². The molecular weight excluding hydrogens is 765 g/mol. The van der Waals surface area contributed by atoms with Crippen LogP contribution >= 0.6 is 22.7 Å². The second kappa shape index (κ2) is 14.2. The van der Waals surface area contributed by atoms with Crippen LogP contribution in [0.25, 0.3) is 109 Å². The van der Waals surface area contributed by atoms with E-state index in [2.05, 4.69) is 226 Å². The molecule has 0 N–H and O–H groups in total. The van der Waals surface area contributed by atoms with E-state index in [0.717, 1.165) is 0 Å². The van der Waals surface area contributed by atoms with Gasteiger partial charge in [0.2, 0.25) is 0 Å². The largest absolute Gasteiger partial charge is 0.309 e. The Morgan fingerprint density at radius 2 is 0.583 bits per heavy atom. The highest BCUT2D eigenvalue weighted by molar-refractivity contribution is 7.20. The molecule has 60 heavy (non-hydrogen) atoms. The predicted octanol–water partition coefficient (Wildman–Crippen LogP) is 16.3. The molecule has 0 saturated heterocycles. The first-order valence-corrected chi connectivity index (χ1v) is 22.1. The lowest BCUT2D eigenvalue weighted by molar-refractivity contribution is 1.18. The van der Waals surface area contributed by atoms with Gasteiger partial charge in [0.25, 0.3) is 0 Å². The van der Waals surface area contributed by atoms with Gasteiger partial charge in [-0.25, -0.2) is 0 Å². The molecule has 0 fully saturated rings. The number of para-hydroxylation sites is 4. The van der Waals surface area contributed by atoms with Crippen LogP contribution in [0.5, 0.6) is 0 Å². The maximum atomic E-state index is 2.37. The van der Waals surface area contributed by atoms with Gasteiger partial charge in [-0.05, 0) is 128 Å². The molecule has 0 bridgehead atoms. The van der Waals surface area contributed by atoms with Crippen molar-refractivity contribution in [1.29, 1.82) is 0 Å². The summed E-state index contributed by atoms with van der Waals surface area (Å²) in [7, 11) is 0. The van der Waals surface area contributed by atoms with E-state index < -0.39 is 0 Å². The zero-order chi connectivity index (χ0) is 39.6. The van der Waals surface area contributed by atoms with E-state index in [4.69, 9.17) is 0 Å². The Morgan fingerprint density at radius 1 is 0.250 bits per heavy atom. The molecular formula is C56H36N2S2. The minimum absolute atomic E-state index is 1.18. The number of benzene rings is 8. The molecule has 0 aliphatic heterocycles. The van der Waals surface area contributed by atoms with Crippen molar-refractivity contribution >= 4 is 66.3 Å². The second-order valence-electron chi connectivity index (χ2n) is 15.4. The average Bonchev–Trinajstić information content (AvgIpc) is 4.14. The lowest BCUT2D eigenvalue weighted by atomic mass is 9.99. The van der Waals surface area contributed by atoms with Gasteiger partial charge < -0.3 is 9.13 Å². The van der Waals surface area contributed by atoms with Gasteiger partial charge in [0, 0.05) is 42.7 Å². The molecule has 0 aliphatic rings. The van der Waals surface area contributed by atoms with Crippen molar-refractivity contribution in [2.24, 2.45) is 0 Å². The van der Waals surface area contributed by atoms with Crippen molar-refractivity contribution in [2.45, 2.75) is 0 Å². The molecule has 8 aromatic carbocycles. The molecule has 12 aromatic rings. The molecule has 282 valence electrons. The Bertz CT molecular complexity index is 3270. The van der Waals surface area contributed by atoms with E-state index in [0.29, 0.717) is 0 Å². The van der Waals surface area contributed by atoms with Crippen LogP contribution in [0.15, 0.2) is 217 Å². The summed E-state index contributed by atoms with van der Waals surface area (Å²) in [4.78, 5) is 2.59. The molecule has 0 saturated carbocycles. The fraction of sp³-hybridized carbons (Fsp3) is 0. The first-order chi connectivity index (χ1) is 29.7. The average molecular weight is 801 g/mol. The van der Waals surface area contributed by atoms with E-state index in [1.807, 2.05) is 22.7 Å². The highest BCUT2D eigenvalue weighted by Gasteiger charge is 2.16. The van der Waals surface area contributed by atoms with Gasteiger partial charge in [-0.2, -0.15) is 0 Å². The zero-order valence-electron chi connectivity index (χ0n) is 32.5. The van der Waals surface area contributed by atoms with E-state index >= 15 is 0 Å². The highest BCUT2D eigenvalue weighted by atomic mass is 32.1. The normalized spacial score (nSPS) is 11.7. The lowest BCUT2D eigenvalue weighted by Crippen LogP contribution is -1.92. The second-order valence-corrected chi connectivity index (χ2v) is 17.2. The number of aromatic nitrogens is 2. The Morgan fingerprint density at radius 3 is 1.00 bits per heavy atom. The summed E-state index contributed by atoms with van der Waals surface area (Å²) in [5, 5.41) is 9.66. The third-order valence-corrected chi connectivity index (χ3v) is 14.0. The van der Waals surface area contributed by atoms with E-state index in [9.17, 15) is 0 Å². The van der Waals surface area contributed by atoms with Gasteiger partial charge in [-0.1, -0.05) is 133 Å². The van der Waals surface area contributed by atoms with Gasteiger partial charge in [0.15, 0.2) is 0 Å². The number of nitrogens with zero attached hydrogens (tertiary/aromatic N) is 2. The number of fused-ring (bicyclic) bond motifs is 6. The Labute approximate surface area is 356 Å². The molecule has 0 amide bonds. The van der Waals surface area contributed by atoms with Crippen LogP contribution in [0.3, 0.4) is 0 Å². The van der Waals surface area contributed by atoms with E-state index in [-0.39, 0.29) is 0 Å². The van der Waals surface area contributed by atoms with Crippen LogP contribution in [0.2, 0.25) is 0 Å². The van der Waals surface area contributed by atoms with Crippen LogP contribution in [0.4, 0.5) is 0 Å². The number of rotatable bonds is 7. The molecule has 2 nitrogen and oxygen atoms in total. The first kappa shape index (κ1) is 34.8. The minimum Gasteiger partial charge on any atom is -0.309 e. The van der Waals surface area contributed by atoms with Gasteiger partial charge >= 0.3 is 0 Å². The van der Waals surface area contributed by atoms with Gasteiger partial charge in [-0.3, -0.25) is 0 Å². The SMILES string of the molecule is c1ccc(-n2c3ccccc3c3cc(-c4ccc(-c5csc(-c6cc(-c7ccc(-c8ccc9c(c8)c8ccccc8n9-c8ccccc8)cc7)cs6)c5)cc4)ccc32)cc1. The zero-order valence-corrected chi connectivity index (χ0v) is 34.1. The molecule has 0 radical (unpaired) electrons. The number of thiophene rings is 2.